The third-order valence-corrected chi connectivity index (χ3v) is 3.10. The topological polar surface area (TPSA) is 50.4 Å². The van der Waals surface area contributed by atoms with E-state index >= 15 is 0 Å². The predicted molar refractivity (Wildman–Crippen MR) is 64.4 cm³/mol. The number of nitrogens with one attached hydrogen (secondary N) is 2. The zero-order valence-electron chi connectivity index (χ0n) is 10.2. The Morgan fingerprint density at radius 1 is 1.44 bits per heavy atom. The van der Waals surface area contributed by atoms with Crippen LogP contribution in [-0.2, 0) is 4.74 Å². The summed E-state index contributed by atoms with van der Waals surface area (Å²) >= 11 is 0. The molecule has 1 aliphatic rings. The molecular formula is C12H22N2O2. The highest BCUT2D eigenvalue weighted by molar-refractivity contribution is 5.73. The molecule has 0 saturated heterocycles. The molecule has 16 heavy (non-hydrogen) atoms. The predicted octanol–water partition coefficient (Wildman–Crippen LogP) is 1.82. The van der Waals surface area contributed by atoms with Crippen molar-refractivity contribution in [2.45, 2.75) is 38.2 Å². The van der Waals surface area contributed by atoms with Gasteiger partial charge in [-0.05, 0) is 32.6 Å². The van der Waals surface area contributed by atoms with Gasteiger partial charge in [0.2, 0.25) is 0 Å². The van der Waals surface area contributed by atoms with Crippen molar-refractivity contribution in [3.8, 4) is 0 Å². The first-order valence-corrected chi connectivity index (χ1v) is 5.90. The molecule has 0 aromatic carbocycles. The number of urea groups is 1. The highest BCUT2D eigenvalue weighted by atomic mass is 16.5. The largest absolute Gasteiger partial charge is 0.376 e. The first-order chi connectivity index (χ1) is 7.72. The van der Waals surface area contributed by atoms with Crippen LogP contribution in [-0.4, -0.2) is 31.8 Å². The molecule has 0 unspecified atom stereocenters. The van der Waals surface area contributed by atoms with E-state index in [9.17, 15) is 4.79 Å². The van der Waals surface area contributed by atoms with Gasteiger partial charge in [-0.1, -0.05) is 12.2 Å². The molecular weight excluding hydrogens is 204 g/mol. The normalized spacial score (nSPS) is 18.1. The molecule has 1 rings (SSSR count). The molecule has 0 aromatic heterocycles. The number of ether oxygens (including phenoxy) is 1. The van der Waals surface area contributed by atoms with Crippen LogP contribution < -0.4 is 10.6 Å². The van der Waals surface area contributed by atoms with E-state index in [-0.39, 0.29) is 11.6 Å². The molecule has 4 heteroatoms. The summed E-state index contributed by atoms with van der Waals surface area (Å²) in [5.41, 5.74) is -0.0966. The molecule has 0 atom stereocenters. The summed E-state index contributed by atoms with van der Waals surface area (Å²) in [6.45, 7) is 3.26. The summed E-state index contributed by atoms with van der Waals surface area (Å²) < 4.78 is 5.41. The standard InChI is InChI=1S/C12H22N2O2/c1-3-4-5-9-13-11(15)14-10-12(16-2)7-6-8-12/h3-4H,5-10H2,1-2H3,(H2,13,14,15). The number of carbonyl (C=O) groups is 1. The molecule has 1 aliphatic carbocycles. The molecule has 0 aromatic rings. The van der Waals surface area contributed by atoms with Gasteiger partial charge in [0.1, 0.15) is 0 Å². The quantitative estimate of drug-likeness (QED) is 0.536. The zero-order valence-corrected chi connectivity index (χ0v) is 10.2. The first-order valence-electron chi connectivity index (χ1n) is 5.90. The van der Waals surface area contributed by atoms with Gasteiger partial charge < -0.3 is 15.4 Å². The molecule has 2 amide bonds. The average Bonchev–Trinajstić information content (AvgIpc) is 2.24. The number of methoxy groups -OCH3 is 1. The first kappa shape index (κ1) is 13.0. The van der Waals surface area contributed by atoms with Crippen LogP contribution in [0.5, 0.6) is 0 Å². The van der Waals surface area contributed by atoms with Crippen molar-refractivity contribution < 1.29 is 9.53 Å². The van der Waals surface area contributed by atoms with E-state index in [0.717, 1.165) is 19.3 Å². The fourth-order valence-electron chi connectivity index (χ4n) is 1.76. The third kappa shape index (κ3) is 3.85. The van der Waals surface area contributed by atoms with Gasteiger partial charge in [-0.2, -0.15) is 0 Å². The van der Waals surface area contributed by atoms with Crippen molar-refractivity contribution in [3.63, 3.8) is 0 Å². The Balaban J connectivity index is 2.10. The molecule has 1 saturated carbocycles. The summed E-state index contributed by atoms with van der Waals surface area (Å²) in [6, 6.07) is -0.104. The zero-order chi connectivity index (χ0) is 11.9. The van der Waals surface area contributed by atoms with E-state index < -0.39 is 0 Å². The lowest BCUT2D eigenvalue weighted by molar-refractivity contribution is -0.0673. The summed E-state index contributed by atoms with van der Waals surface area (Å²) in [6.07, 6.45) is 8.17. The van der Waals surface area contributed by atoms with Crippen molar-refractivity contribution in [2.24, 2.45) is 0 Å². The fraction of sp³-hybridized carbons (Fsp3) is 0.750. The van der Waals surface area contributed by atoms with Gasteiger partial charge in [0.15, 0.2) is 0 Å². The van der Waals surface area contributed by atoms with Crippen molar-refractivity contribution in [1.82, 2.24) is 10.6 Å². The Kier molecular flexibility index (Phi) is 5.32. The van der Waals surface area contributed by atoms with E-state index in [1.165, 1.54) is 6.42 Å². The maximum atomic E-state index is 11.4. The van der Waals surface area contributed by atoms with Gasteiger partial charge in [0.05, 0.1) is 5.60 Å². The molecule has 4 nitrogen and oxygen atoms in total. The smallest absolute Gasteiger partial charge is 0.314 e. The van der Waals surface area contributed by atoms with E-state index in [0.29, 0.717) is 13.1 Å². The van der Waals surface area contributed by atoms with Crippen LogP contribution in [0.1, 0.15) is 32.6 Å². The minimum Gasteiger partial charge on any atom is -0.376 e. The second-order valence-electron chi connectivity index (χ2n) is 4.21. The highest BCUT2D eigenvalue weighted by Crippen LogP contribution is 2.34. The maximum absolute atomic E-state index is 11.4. The van der Waals surface area contributed by atoms with Crippen LogP contribution in [0.2, 0.25) is 0 Å². The number of allylic oxidation sites excluding steroid dienone is 1. The van der Waals surface area contributed by atoms with Crippen LogP contribution in [0.15, 0.2) is 12.2 Å². The Morgan fingerprint density at radius 2 is 2.19 bits per heavy atom. The molecule has 0 heterocycles. The fourth-order valence-corrected chi connectivity index (χ4v) is 1.76. The lowest BCUT2D eigenvalue weighted by atomic mass is 9.80. The Hall–Kier alpha value is -1.03. The lowest BCUT2D eigenvalue weighted by Gasteiger charge is -2.40. The minimum atomic E-state index is -0.104. The van der Waals surface area contributed by atoms with Gasteiger partial charge in [-0.3, -0.25) is 0 Å². The van der Waals surface area contributed by atoms with Gasteiger partial charge in [-0.15, -0.1) is 0 Å². The molecule has 0 aliphatic heterocycles. The van der Waals surface area contributed by atoms with E-state index in [1.54, 1.807) is 7.11 Å². The number of hydrogen-bond acceptors (Lipinski definition) is 2. The number of hydrogen-bond donors (Lipinski definition) is 2. The summed E-state index contributed by atoms with van der Waals surface area (Å²) in [5.74, 6) is 0. The van der Waals surface area contributed by atoms with Crippen molar-refractivity contribution in [1.29, 1.82) is 0 Å². The van der Waals surface area contributed by atoms with Gasteiger partial charge >= 0.3 is 6.03 Å². The van der Waals surface area contributed by atoms with Crippen LogP contribution in [0.3, 0.4) is 0 Å². The molecule has 2 N–H and O–H groups in total. The number of rotatable bonds is 6. The monoisotopic (exact) mass is 226 g/mol. The van der Waals surface area contributed by atoms with Crippen molar-refractivity contribution >= 4 is 6.03 Å². The summed E-state index contributed by atoms with van der Waals surface area (Å²) in [4.78, 5) is 11.4. The van der Waals surface area contributed by atoms with Crippen LogP contribution in [0, 0.1) is 0 Å². The SMILES string of the molecule is CC=CCCNC(=O)NCC1(OC)CCC1. The van der Waals surface area contributed by atoms with Gasteiger partial charge in [0.25, 0.3) is 0 Å². The Morgan fingerprint density at radius 3 is 2.69 bits per heavy atom. The van der Waals surface area contributed by atoms with E-state index in [2.05, 4.69) is 10.6 Å². The molecule has 0 spiro atoms. The highest BCUT2D eigenvalue weighted by Gasteiger charge is 2.37. The van der Waals surface area contributed by atoms with E-state index in [4.69, 9.17) is 4.74 Å². The minimum absolute atomic E-state index is 0.0966. The number of carbonyl (C=O) groups excluding carboxylic acids is 1. The molecule has 0 bridgehead atoms. The Labute approximate surface area is 97.4 Å². The van der Waals surface area contributed by atoms with Crippen LogP contribution >= 0.6 is 0 Å². The summed E-state index contributed by atoms with van der Waals surface area (Å²) in [5, 5.41) is 5.66. The lowest BCUT2D eigenvalue weighted by Crippen LogP contribution is -2.51. The summed E-state index contributed by atoms with van der Waals surface area (Å²) in [7, 11) is 1.71. The Bertz CT molecular complexity index is 242. The molecule has 1 fully saturated rings. The molecule has 92 valence electrons. The number of amides is 2. The van der Waals surface area contributed by atoms with E-state index in [1.807, 2.05) is 19.1 Å². The van der Waals surface area contributed by atoms with Crippen LogP contribution in [0.4, 0.5) is 4.79 Å². The van der Waals surface area contributed by atoms with Gasteiger partial charge in [0, 0.05) is 20.2 Å². The van der Waals surface area contributed by atoms with Crippen LogP contribution in [0.25, 0.3) is 0 Å². The molecule has 0 radical (unpaired) electrons. The average molecular weight is 226 g/mol. The third-order valence-electron chi connectivity index (χ3n) is 3.10. The van der Waals surface area contributed by atoms with Crippen molar-refractivity contribution in [3.05, 3.63) is 12.2 Å². The second-order valence-corrected chi connectivity index (χ2v) is 4.21. The van der Waals surface area contributed by atoms with Crippen molar-refractivity contribution in [2.75, 3.05) is 20.2 Å². The maximum Gasteiger partial charge on any atom is 0.314 e. The van der Waals surface area contributed by atoms with Gasteiger partial charge in [-0.25, -0.2) is 4.79 Å². The second kappa shape index (κ2) is 6.53.